The number of carbonyl (C=O) groups excluding carboxylic acids is 1. The first kappa shape index (κ1) is 17.9. The highest BCUT2D eigenvalue weighted by atomic mass is 16.5. The number of ketones is 1. The van der Waals surface area contributed by atoms with Crippen LogP contribution < -0.4 is 4.74 Å². The Morgan fingerprint density at radius 1 is 1.17 bits per heavy atom. The molecule has 1 aliphatic rings. The minimum atomic E-state index is -0.0130. The average Bonchev–Trinajstić information content (AvgIpc) is 3.39. The number of nitrogens with zero attached hydrogens (tertiary/aromatic N) is 4. The normalized spacial score (nSPS) is 18.0. The predicted molar refractivity (Wildman–Crippen MR) is 113 cm³/mol. The van der Waals surface area contributed by atoms with Gasteiger partial charge in [-0.25, -0.2) is 0 Å². The molecule has 0 radical (unpaired) electrons. The molecular weight excluding hydrogens is 364 g/mol. The minimum Gasteiger partial charge on any atom is -0.490 e. The van der Waals surface area contributed by atoms with Crippen LogP contribution in [-0.2, 0) is 18.9 Å². The second-order valence-electron chi connectivity index (χ2n) is 8.12. The molecule has 29 heavy (non-hydrogen) atoms. The van der Waals surface area contributed by atoms with E-state index in [0.717, 1.165) is 45.1 Å². The number of Topliss-reactive ketones (excluding diaryl/α,β-unsaturated/α-hetero) is 1. The van der Waals surface area contributed by atoms with Crippen LogP contribution in [0.25, 0.3) is 32.9 Å². The highest BCUT2D eigenvalue weighted by Crippen LogP contribution is 2.36. The van der Waals surface area contributed by atoms with Gasteiger partial charge in [0.15, 0.2) is 0 Å². The van der Waals surface area contributed by atoms with Gasteiger partial charge < -0.3 is 4.74 Å². The Morgan fingerprint density at radius 2 is 2.03 bits per heavy atom. The number of hydrogen-bond acceptors (Lipinski definition) is 4. The molecule has 2 aromatic heterocycles. The van der Waals surface area contributed by atoms with Crippen molar-refractivity contribution in [3.8, 4) is 16.9 Å². The Labute approximate surface area is 169 Å². The van der Waals surface area contributed by atoms with E-state index < -0.39 is 0 Å². The molecule has 0 saturated heterocycles. The summed E-state index contributed by atoms with van der Waals surface area (Å²) in [6, 6.07) is 10.5. The summed E-state index contributed by atoms with van der Waals surface area (Å²) in [7, 11) is 3.87. The largest absolute Gasteiger partial charge is 0.490 e. The van der Waals surface area contributed by atoms with Crippen molar-refractivity contribution in [2.24, 2.45) is 20.0 Å². The van der Waals surface area contributed by atoms with Crippen LogP contribution in [0.2, 0.25) is 0 Å². The highest BCUT2D eigenvalue weighted by Gasteiger charge is 2.28. The van der Waals surface area contributed by atoms with Crippen molar-refractivity contribution in [1.29, 1.82) is 0 Å². The molecule has 0 N–H and O–H groups in total. The lowest BCUT2D eigenvalue weighted by molar-refractivity contribution is -0.117. The smallest absolute Gasteiger partial charge is 0.133 e. The number of aryl methyl sites for hydroxylation is 2. The van der Waals surface area contributed by atoms with Gasteiger partial charge in [-0.2, -0.15) is 10.2 Å². The average molecular weight is 388 g/mol. The fourth-order valence-electron chi connectivity index (χ4n) is 4.36. The van der Waals surface area contributed by atoms with Crippen LogP contribution in [0, 0.1) is 5.92 Å². The SMILES string of the molecule is C[C@@H](Oc1cc(-c2ccc3c(cnn3C)c2)cc2nn(C)cc12)[C@H]1CCC(=O)C1. The van der Waals surface area contributed by atoms with Crippen LogP contribution in [0.5, 0.6) is 5.75 Å². The number of aromatic nitrogens is 4. The molecular formula is C23H24N4O2. The van der Waals surface area contributed by atoms with E-state index >= 15 is 0 Å². The van der Waals surface area contributed by atoms with Crippen molar-refractivity contribution in [3.05, 3.63) is 42.7 Å². The van der Waals surface area contributed by atoms with Gasteiger partial charge in [-0.05, 0) is 48.7 Å². The summed E-state index contributed by atoms with van der Waals surface area (Å²) in [5.41, 5.74) is 4.17. The molecule has 0 aliphatic heterocycles. The quantitative estimate of drug-likeness (QED) is 0.524. The van der Waals surface area contributed by atoms with Crippen LogP contribution in [0.15, 0.2) is 42.7 Å². The van der Waals surface area contributed by atoms with Crippen molar-refractivity contribution in [3.63, 3.8) is 0 Å². The molecule has 0 spiro atoms. The van der Waals surface area contributed by atoms with Crippen LogP contribution in [0.4, 0.5) is 0 Å². The third-order valence-corrected chi connectivity index (χ3v) is 6.04. The summed E-state index contributed by atoms with van der Waals surface area (Å²) >= 11 is 0. The molecule has 0 unspecified atom stereocenters. The van der Waals surface area contributed by atoms with Gasteiger partial charge in [0.05, 0.1) is 28.7 Å². The number of benzene rings is 2. The van der Waals surface area contributed by atoms with Gasteiger partial charge in [-0.3, -0.25) is 14.2 Å². The third kappa shape index (κ3) is 3.18. The summed E-state index contributed by atoms with van der Waals surface area (Å²) in [6.45, 7) is 2.07. The Hall–Kier alpha value is -3.15. The van der Waals surface area contributed by atoms with Gasteiger partial charge in [0.25, 0.3) is 0 Å². The summed E-state index contributed by atoms with van der Waals surface area (Å²) in [5, 5.41) is 11.0. The molecule has 4 aromatic rings. The molecule has 2 heterocycles. The molecule has 5 rings (SSSR count). The molecule has 2 aromatic carbocycles. The summed E-state index contributed by atoms with van der Waals surface area (Å²) in [6.07, 6.45) is 6.06. The van der Waals surface area contributed by atoms with Crippen molar-refractivity contribution in [2.75, 3.05) is 0 Å². The topological polar surface area (TPSA) is 61.9 Å². The minimum absolute atomic E-state index is 0.0130. The number of carbonyl (C=O) groups is 1. The first-order valence-corrected chi connectivity index (χ1v) is 10.1. The van der Waals surface area contributed by atoms with E-state index in [4.69, 9.17) is 4.74 Å². The molecule has 0 bridgehead atoms. The fourth-order valence-corrected chi connectivity index (χ4v) is 4.36. The molecule has 1 fully saturated rings. The Kier molecular flexibility index (Phi) is 4.15. The van der Waals surface area contributed by atoms with Crippen LogP contribution in [0.3, 0.4) is 0 Å². The standard InChI is InChI=1S/C23H24N4O2/c1-14(15-4-6-19(28)9-15)29-23-11-17(10-21-20(23)13-26(2)25-21)16-5-7-22-18(8-16)12-24-27(22)3/h5,7-8,10-15H,4,6,9H2,1-3H3/t14-,15+/m1/s1. The molecule has 1 aliphatic carbocycles. The molecule has 0 amide bonds. The number of hydrogen-bond donors (Lipinski definition) is 0. The molecule has 2 atom stereocenters. The van der Waals surface area contributed by atoms with Gasteiger partial charge in [0.2, 0.25) is 0 Å². The highest BCUT2D eigenvalue weighted by molar-refractivity contribution is 5.92. The summed E-state index contributed by atoms with van der Waals surface area (Å²) < 4.78 is 10.1. The maximum atomic E-state index is 11.7. The van der Waals surface area contributed by atoms with Crippen molar-refractivity contribution >= 4 is 27.6 Å². The zero-order chi connectivity index (χ0) is 20.1. The van der Waals surface area contributed by atoms with Crippen molar-refractivity contribution in [1.82, 2.24) is 19.6 Å². The Balaban J connectivity index is 1.56. The summed E-state index contributed by atoms with van der Waals surface area (Å²) in [5.74, 6) is 1.45. The van der Waals surface area contributed by atoms with Crippen molar-refractivity contribution in [2.45, 2.75) is 32.3 Å². The van der Waals surface area contributed by atoms with E-state index in [1.165, 1.54) is 0 Å². The maximum absolute atomic E-state index is 11.7. The number of rotatable bonds is 4. The Morgan fingerprint density at radius 3 is 2.83 bits per heavy atom. The molecule has 1 saturated carbocycles. The maximum Gasteiger partial charge on any atom is 0.133 e. The molecule has 6 heteroatoms. The lowest BCUT2D eigenvalue weighted by Gasteiger charge is -2.21. The van der Waals surface area contributed by atoms with Crippen LogP contribution in [-0.4, -0.2) is 31.4 Å². The lowest BCUT2D eigenvalue weighted by atomic mass is 10.0. The van der Waals surface area contributed by atoms with Gasteiger partial charge in [0, 0.05) is 44.4 Å². The fraction of sp³-hybridized carbons (Fsp3) is 0.348. The van der Waals surface area contributed by atoms with E-state index in [2.05, 4.69) is 47.5 Å². The van der Waals surface area contributed by atoms with Gasteiger partial charge >= 0.3 is 0 Å². The second kappa shape index (κ2) is 6.72. The van der Waals surface area contributed by atoms with Crippen LogP contribution >= 0.6 is 0 Å². The van der Waals surface area contributed by atoms with E-state index in [1.807, 2.05) is 35.9 Å². The van der Waals surface area contributed by atoms with Gasteiger partial charge in [0.1, 0.15) is 11.5 Å². The monoisotopic (exact) mass is 388 g/mol. The number of ether oxygens (including phenoxy) is 1. The first-order chi connectivity index (χ1) is 14.0. The van der Waals surface area contributed by atoms with E-state index in [0.29, 0.717) is 18.6 Å². The zero-order valence-corrected chi connectivity index (χ0v) is 16.9. The Bertz CT molecular complexity index is 1240. The molecule has 6 nitrogen and oxygen atoms in total. The zero-order valence-electron chi connectivity index (χ0n) is 16.9. The predicted octanol–water partition coefficient (Wildman–Crippen LogP) is 4.26. The van der Waals surface area contributed by atoms with E-state index in [1.54, 1.807) is 0 Å². The molecule has 148 valence electrons. The van der Waals surface area contributed by atoms with Crippen LogP contribution in [0.1, 0.15) is 26.2 Å². The number of fused-ring (bicyclic) bond motifs is 2. The van der Waals surface area contributed by atoms with E-state index in [-0.39, 0.29) is 12.0 Å². The van der Waals surface area contributed by atoms with E-state index in [9.17, 15) is 4.79 Å². The van der Waals surface area contributed by atoms with Crippen molar-refractivity contribution < 1.29 is 9.53 Å². The van der Waals surface area contributed by atoms with Gasteiger partial charge in [-0.15, -0.1) is 0 Å². The summed E-state index contributed by atoms with van der Waals surface area (Å²) in [4.78, 5) is 11.7. The second-order valence-corrected chi connectivity index (χ2v) is 8.12. The third-order valence-electron chi connectivity index (χ3n) is 6.04. The first-order valence-electron chi connectivity index (χ1n) is 10.1. The van der Waals surface area contributed by atoms with Gasteiger partial charge in [-0.1, -0.05) is 6.07 Å². The lowest BCUT2D eigenvalue weighted by Crippen LogP contribution is -2.21.